The number of hydrogen-bond donors (Lipinski definition) is 0. The number of aryl methyl sites for hydroxylation is 1. The average molecular weight is 466 g/mol. The van der Waals surface area contributed by atoms with Crippen molar-refractivity contribution in [3.05, 3.63) is 62.8 Å². The summed E-state index contributed by atoms with van der Waals surface area (Å²) in [6.45, 7) is 5.20. The molecule has 0 N–H and O–H groups in total. The average Bonchev–Trinajstić information content (AvgIpc) is 3.38. The molecule has 0 aliphatic heterocycles. The van der Waals surface area contributed by atoms with Crippen LogP contribution in [0.2, 0.25) is 0 Å². The monoisotopic (exact) mass is 465 g/mol. The zero-order valence-electron chi connectivity index (χ0n) is 17.5. The fourth-order valence-corrected chi connectivity index (χ4v) is 5.35. The maximum Gasteiger partial charge on any atom is 0.264 e. The second-order valence-corrected chi connectivity index (χ2v) is 10.7. The van der Waals surface area contributed by atoms with E-state index in [0.29, 0.717) is 23.7 Å². The Labute approximate surface area is 184 Å². The van der Waals surface area contributed by atoms with E-state index in [9.17, 15) is 17.6 Å². The lowest BCUT2D eigenvalue weighted by Gasteiger charge is -2.22. The summed E-state index contributed by atoms with van der Waals surface area (Å²) in [5.74, 6) is -0.126. The molecule has 0 spiro atoms. The third-order valence-corrected chi connectivity index (χ3v) is 7.02. The van der Waals surface area contributed by atoms with Crippen LogP contribution in [0.25, 0.3) is 4.96 Å². The van der Waals surface area contributed by atoms with Crippen LogP contribution in [-0.2, 0) is 20.8 Å². The lowest BCUT2D eigenvalue weighted by molar-refractivity contribution is 0.302. The van der Waals surface area contributed by atoms with Crippen molar-refractivity contribution in [3.63, 3.8) is 0 Å². The fourth-order valence-electron chi connectivity index (χ4n) is 3.86. The second kappa shape index (κ2) is 8.33. The summed E-state index contributed by atoms with van der Waals surface area (Å²) in [6, 6.07) is 7.79. The van der Waals surface area contributed by atoms with Gasteiger partial charge in [-0.1, -0.05) is 0 Å². The normalized spacial score (nSPS) is 18.5. The number of aromatic nitrogens is 2. The number of benzene rings is 1. The lowest BCUT2D eigenvalue weighted by atomic mass is 10.2. The summed E-state index contributed by atoms with van der Waals surface area (Å²) >= 11 is 1.46. The highest BCUT2D eigenvalue weighted by atomic mass is 32.2. The van der Waals surface area contributed by atoms with Crippen LogP contribution in [0.15, 0.2) is 35.1 Å². The summed E-state index contributed by atoms with van der Waals surface area (Å²) in [7, 11) is -3.48. The Kier molecular flexibility index (Phi) is 5.89. The van der Waals surface area contributed by atoms with Gasteiger partial charge in [-0.3, -0.25) is 13.4 Å². The lowest BCUT2D eigenvalue weighted by Crippen LogP contribution is -2.25. The minimum Gasteiger partial charge on any atom is -0.366 e. The van der Waals surface area contributed by atoms with Gasteiger partial charge in [0, 0.05) is 34.8 Å². The number of fused-ring (bicyclic) bond motifs is 1. The van der Waals surface area contributed by atoms with E-state index >= 15 is 0 Å². The molecule has 4 rings (SSSR count). The highest BCUT2D eigenvalue weighted by molar-refractivity contribution is 7.85. The molecule has 0 amide bonds. The van der Waals surface area contributed by atoms with E-state index in [1.54, 1.807) is 22.6 Å². The molecule has 2 unspecified atom stereocenters. The Balaban J connectivity index is 1.59. The van der Waals surface area contributed by atoms with E-state index in [1.165, 1.54) is 23.5 Å². The van der Waals surface area contributed by atoms with Crippen molar-refractivity contribution in [2.75, 3.05) is 24.3 Å². The van der Waals surface area contributed by atoms with Crippen LogP contribution in [0.4, 0.5) is 10.1 Å². The first-order chi connectivity index (χ1) is 14.7. The van der Waals surface area contributed by atoms with Gasteiger partial charge >= 0.3 is 0 Å². The molecule has 1 aliphatic rings. The van der Waals surface area contributed by atoms with Crippen molar-refractivity contribution >= 4 is 32.1 Å². The predicted octanol–water partition coefficient (Wildman–Crippen LogP) is 3.31. The van der Waals surface area contributed by atoms with Gasteiger partial charge in [0.15, 0.2) is 4.96 Å². The number of rotatable bonds is 8. The van der Waals surface area contributed by atoms with Crippen molar-refractivity contribution in [2.24, 2.45) is 5.92 Å². The molecule has 10 heteroatoms. The Morgan fingerprint density at radius 1 is 1.32 bits per heavy atom. The summed E-state index contributed by atoms with van der Waals surface area (Å²) in [5.41, 5.74) is 2.26. The standard InChI is InChI=1S/C21H24FN3O4S2/c1-4-24(17-7-5-15(22)6-8-17)11-16-10-19(26)25-20(13(2)30-21(25)23-16)18-9-14(18)12-29-31(3,27)28/h5-8,10,14,18H,4,9,11-12H2,1-3H3. The van der Waals surface area contributed by atoms with E-state index in [-0.39, 0.29) is 29.8 Å². The first-order valence-electron chi connectivity index (χ1n) is 10.0. The maximum absolute atomic E-state index is 13.2. The summed E-state index contributed by atoms with van der Waals surface area (Å²) in [5, 5.41) is 0. The topological polar surface area (TPSA) is 81.0 Å². The van der Waals surface area contributed by atoms with Gasteiger partial charge in [-0.25, -0.2) is 9.37 Å². The molecule has 3 aromatic rings. The number of anilines is 1. The molecule has 166 valence electrons. The van der Waals surface area contributed by atoms with Gasteiger partial charge in [-0.2, -0.15) is 8.42 Å². The number of nitrogens with zero attached hydrogens (tertiary/aromatic N) is 3. The molecular weight excluding hydrogens is 441 g/mol. The van der Waals surface area contributed by atoms with Crippen molar-refractivity contribution < 1.29 is 17.0 Å². The number of hydrogen-bond acceptors (Lipinski definition) is 7. The Hall–Kier alpha value is -2.30. The molecule has 1 saturated carbocycles. The van der Waals surface area contributed by atoms with Crippen LogP contribution in [0.5, 0.6) is 0 Å². The van der Waals surface area contributed by atoms with Gasteiger partial charge in [-0.05, 0) is 50.5 Å². The quantitative estimate of drug-likeness (QED) is 0.475. The second-order valence-electron chi connectivity index (χ2n) is 7.83. The van der Waals surface area contributed by atoms with Crippen molar-refractivity contribution in [1.29, 1.82) is 0 Å². The molecule has 0 bridgehead atoms. The zero-order chi connectivity index (χ0) is 22.3. The fraction of sp³-hybridized carbons (Fsp3) is 0.429. The third-order valence-electron chi connectivity index (χ3n) is 5.48. The van der Waals surface area contributed by atoms with E-state index in [1.807, 2.05) is 18.7 Å². The van der Waals surface area contributed by atoms with Crippen LogP contribution in [-0.4, -0.2) is 37.2 Å². The highest BCUT2D eigenvalue weighted by Gasteiger charge is 2.42. The molecule has 31 heavy (non-hydrogen) atoms. The number of thiazole rings is 1. The Bertz CT molecular complexity index is 1270. The summed E-state index contributed by atoms with van der Waals surface area (Å²) < 4.78 is 42.3. The third kappa shape index (κ3) is 4.81. The molecule has 0 saturated heterocycles. The van der Waals surface area contributed by atoms with Gasteiger partial charge in [0.05, 0.1) is 25.1 Å². The molecule has 1 fully saturated rings. The molecule has 7 nitrogen and oxygen atoms in total. The summed E-state index contributed by atoms with van der Waals surface area (Å²) in [4.78, 5) is 21.3. The Morgan fingerprint density at radius 2 is 2.03 bits per heavy atom. The van der Waals surface area contributed by atoms with E-state index in [0.717, 1.165) is 28.9 Å². The minimum atomic E-state index is -3.48. The maximum atomic E-state index is 13.2. The molecule has 1 aromatic carbocycles. The zero-order valence-corrected chi connectivity index (χ0v) is 19.2. The van der Waals surface area contributed by atoms with Crippen LogP contribution in [0.3, 0.4) is 0 Å². The summed E-state index contributed by atoms with van der Waals surface area (Å²) in [6.07, 6.45) is 1.82. The SMILES string of the molecule is CCN(Cc1cc(=O)n2c(C3CC3COS(C)(=O)=O)c(C)sc2n1)c1ccc(F)cc1. The minimum absolute atomic E-state index is 0.0758. The largest absolute Gasteiger partial charge is 0.366 e. The van der Waals surface area contributed by atoms with Crippen LogP contribution in [0.1, 0.15) is 35.5 Å². The van der Waals surface area contributed by atoms with E-state index in [2.05, 4.69) is 0 Å². The molecule has 2 heterocycles. The van der Waals surface area contributed by atoms with E-state index in [4.69, 9.17) is 9.17 Å². The molecule has 2 atom stereocenters. The molecule has 0 radical (unpaired) electrons. The van der Waals surface area contributed by atoms with Gasteiger partial charge in [0.25, 0.3) is 15.7 Å². The number of halogens is 1. The highest BCUT2D eigenvalue weighted by Crippen LogP contribution is 2.49. The Morgan fingerprint density at radius 3 is 2.68 bits per heavy atom. The predicted molar refractivity (Wildman–Crippen MR) is 119 cm³/mol. The van der Waals surface area contributed by atoms with Crippen molar-refractivity contribution in [1.82, 2.24) is 9.38 Å². The van der Waals surface area contributed by atoms with Gasteiger partial charge in [-0.15, -0.1) is 11.3 Å². The van der Waals surface area contributed by atoms with Gasteiger partial charge in [0.1, 0.15) is 5.82 Å². The van der Waals surface area contributed by atoms with Gasteiger partial charge in [0.2, 0.25) is 0 Å². The van der Waals surface area contributed by atoms with E-state index < -0.39 is 10.1 Å². The van der Waals surface area contributed by atoms with Crippen molar-refractivity contribution in [2.45, 2.75) is 32.7 Å². The smallest absolute Gasteiger partial charge is 0.264 e. The first kappa shape index (κ1) is 21.9. The molecule has 1 aliphatic carbocycles. The molecule has 2 aromatic heterocycles. The van der Waals surface area contributed by atoms with Crippen molar-refractivity contribution in [3.8, 4) is 0 Å². The first-order valence-corrected chi connectivity index (χ1v) is 12.7. The van der Waals surface area contributed by atoms with Crippen LogP contribution in [0, 0.1) is 18.7 Å². The molecular formula is C21H24FN3O4S2. The van der Waals surface area contributed by atoms with Gasteiger partial charge < -0.3 is 4.90 Å². The van der Waals surface area contributed by atoms with Crippen LogP contribution < -0.4 is 10.5 Å². The van der Waals surface area contributed by atoms with Crippen LogP contribution >= 0.6 is 11.3 Å².